The van der Waals surface area contributed by atoms with E-state index < -0.39 is 13.9 Å². The van der Waals surface area contributed by atoms with Crippen molar-refractivity contribution >= 4 is 13.8 Å². The van der Waals surface area contributed by atoms with Crippen LogP contribution in [0.4, 0.5) is 0 Å². The van der Waals surface area contributed by atoms with E-state index in [1.807, 2.05) is 21.1 Å². The Bertz CT molecular complexity index is 1270. The van der Waals surface area contributed by atoms with Crippen molar-refractivity contribution in [2.75, 3.05) is 54.1 Å². The van der Waals surface area contributed by atoms with Gasteiger partial charge in [-0.05, 0) is 96.3 Å². The van der Waals surface area contributed by atoms with Crippen LogP contribution in [0.25, 0.3) is 0 Å². The van der Waals surface area contributed by atoms with Crippen molar-refractivity contribution in [3.8, 4) is 0 Å². The summed E-state index contributed by atoms with van der Waals surface area (Å²) < 4.78 is 34.9. The Kier molecular flexibility index (Phi) is 38.0. The molecule has 0 aromatic rings. The summed E-state index contributed by atoms with van der Waals surface area (Å²) >= 11 is 0. The van der Waals surface area contributed by atoms with E-state index in [9.17, 15) is 14.3 Å². The number of esters is 1. The van der Waals surface area contributed by atoms with Gasteiger partial charge in [0.05, 0.1) is 34.4 Å². The first-order chi connectivity index (χ1) is 27.6. The maximum atomic E-state index is 12.7. The first kappa shape index (κ1) is 54.2. The third-order valence-electron chi connectivity index (χ3n) is 8.33. The molecule has 1 N–H and O–H groups in total. The van der Waals surface area contributed by atoms with Gasteiger partial charge in [0.2, 0.25) is 0 Å². The number of hydrogen-bond acceptors (Lipinski definition) is 6. The Morgan fingerprint density at radius 3 is 1.42 bits per heavy atom. The predicted molar refractivity (Wildman–Crippen MR) is 242 cm³/mol. The molecule has 0 aromatic heterocycles. The summed E-state index contributed by atoms with van der Waals surface area (Å²) in [5, 5.41) is 0. The fraction of sp³-hybridized carbons (Fsp3) is 0.604. The first-order valence-corrected chi connectivity index (χ1v) is 23.1. The van der Waals surface area contributed by atoms with Gasteiger partial charge >= 0.3 is 13.8 Å². The molecule has 0 fully saturated rings. The normalized spacial score (nSPS) is 14.8. The molecular weight excluding hydrogens is 734 g/mol. The fourth-order valence-electron chi connectivity index (χ4n) is 5.04. The number of phosphoric acid groups is 1. The SMILES string of the molecule is CC/C=C\C/C=C\C/C=C\C/C=C\C/C=C\C/C=C\CCCCC(=O)OC(COCCCCCC/C=C\C/C=C\C/C=C\CC)COP(=O)(O)OCC[N+](C)(C)C. The van der Waals surface area contributed by atoms with Gasteiger partial charge < -0.3 is 18.9 Å². The lowest BCUT2D eigenvalue weighted by Crippen LogP contribution is -2.37. The minimum absolute atomic E-state index is 0.0682. The molecule has 0 amide bonds. The van der Waals surface area contributed by atoms with E-state index in [1.165, 1.54) is 0 Å². The number of phosphoric ester groups is 1. The molecule has 9 heteroatoms. The van der Waals surface area contributed by atoms with Crippen molar-refractivity contribution < 1.29 is 37.3 Å². The number of rotatable bonds is 38. The molecule has 0 heterocycles. The van der Waals surface area contributed by atoms with Crippen LogP contribution in [0.15, 0.2) is 109 Å². The number of carbonyl (C=O) groups is 1. The molecule has 0 radical (unpaired) electrons. The Morgan fingerprint density at radius 2 is 0.965 bits per heavy atom. The van der Waals surface area contributed by atoms with E-state index in [4.69, 9.17) is 18.5 Å². The minimum atomic E-state index is -4.30. The second kappa shape index (κ2) is 40.0. The zero-order valence-corrected chi connectivity index (χ0v) is 37.4. The van der Waals surface area contributed by atoms with Crippen LogP contribution in [-0.2, 0) is 27.9 Å². The molecule has 0 aliphatic heterocycles. The van der Waals surface area contributed by atoms with Crippen LogP contribution in [0.5, 0.6) is 0 Å². The molecule has 2 unspecified atom stereocenters. The van der Waals surface area contributed by atoms with Crippen LogP contribution in [0.3, 0.4) is 0 Å². The van der Waals surface area contributed by atoms with Crippen LogP contribution < -0.4 is 0 Å². The number of nitrogens with zero attached hydrogens (tertiary/aromatic N) is 1. The van der Waals surface area contributed by atoms with Crippen LogP contribution in [0.2, 0.25) is 0 Å². The highest BCUT2D eigenvalue weighted by Crippen LogP contribution is 2.43. The smallest absolute Gasteiger partial charge is 0.457 e. The highest BCUT2D eigenvalue weighted by Gasteiger charge is 2.26. The van der Waals surface area contributed by atoms with E-state index >= 15 is 0 Å². The molecule has 0 aliphatic carbocycles. The Labute approximate surface area is 349 Å². The van der Waals surface area contributed by atoms with Crippen molar-refractivity contribution in [1.82, 2.24) is 0 Å². The molecule has 0 saturated heterocycles. The Balaban J connectivity index is 4.40. The summed E-state index contributed by atoms with van der Waals surface area (Å²) in [6.07, 6.45) is 55.6. The maximum absolute atomic E-state index is 12.7. The van der Waals surface area contributed by atoms with Gasteiger partial charge in [0.25, 0.3) is 0 Å². The standard InChI is InChI=1S/C48H80NO7P/c1-6-8-10-12-14-16-18-20-22-23-24-25-26-27-28-29-31-33-35-37-39-41-48(50)56-47(46-55-57(51,52)54-44-42-49(3,4)5)45-53-43-40-38-36-34-32-30-21-19-17-15-13-11-9-7-2/h8-11,14-17,20-22,24-25,27-28,30-31,33,47H,6-7,12-13,18-19,23,26,29,32,34-46H2,1-5H3/p+1/b10-8-,11-9-,16-14-,17-15-,22-20-,25-24-,28-27-,30-21-,33-31-. The number of hydrogen-bond donors (Lipinski definition) is 1. The van der Waals surface area contributed by atoms with E-state index in [0.29, 0.717) is 24.1 Å². The minimum Gasteiger partial charge on any atom is -0.457 e. The Hall–Kier alpha value is -2.84. The molecular formula is C48H81NO7P+. The third-order valence-corrected chi connectivity index (χ3v) is 9.31. The van der Waals surface area contributed by atoms with Crippen LogP contribution in [-0.4, -0.2) is 75.6 Å². The molecule has 0 spiro atoms. The number of unbranched alkanes of at least 4 members (excludes halogenated alkanes) is 6. The molecule has 57 heavy (non-hydrogen) atoms. The van der Waals surface area contributed by atoms with Gasteiger partial charge in [0.15, 0.2) is 0 Å². The van der Waals surface area contributed by atoms with Crippen molar-refractivity contribution in [3.63, 3.8) is 0 Å². The van der Waals surface area contributed by atoms with Gasteiger partial charge in [0, 0.05) is 13.0 Å². The summed E-state index contributed by atoms with van der Waals surface area (Å²) in [7, 11) is 1.60. The predicted octanol–water partition coefficient (Wildman–Crippen LogP) is 12.8. The molecule has 0 aliphatic rings. The van der Waals surface area contributed by atoms with Crippen LogP contribution in [0.1, 0.15) is 129 Å². The highest BCUT2D eigenvalue weighted by molar-refractivity contribution is 7.47. The van der Waals surface area contributed by atoms with Gasteiger partial charge in [-0.1, -0.05) is 136 Å². The maximum Gasteiger partial charge on any atom is 0.472 e. The van der Waals surface area contributed by atoms with Gasteiger partial charge in [-0.2, -0.15) is 0 Å². The monoisotopic (exact) mass is 815 g/mol. The number of ether oxygens (including phenoxy) is 2. The zero-order chi connectivity index (χ0) is 42.0. The number of quaternary nitrogens is 1. The topological polar surface area (TPSA) is 91.3 Å². The van der Waals surface area contributed by atoms with E-state index in [1.54, 1.807) is 0 Å². The zero-order valence-electron chi connectivity index (χ0n) is 36.5. The number of likely N-dealkylation sites (N-methyl/N-ethyl adjacent to an activating group) is 1. The quantitative estimate of drug-likeness (QED) is 0.0218. The van der Waals surface area contributed by atoms with E-state index in [2.05, 4.69) is 123 Å². The van der Waals surface area contributed by atoms with Gasteiger partial charge in [-0.15, -0.1) is 0 Å². The fourth-order valence-corrected chi connectivity index (χ4v) is 5.78. The lowest BCUT2D eigenvalue weighted by atomic mass is 10.1. The van der Waals surface area contributed by atoms with E-state index in [0.717, 1.165) is 103 Å². The van der Waals surface area contributed by atoms with E-state index in [-0.39, 0.29) is 32.2 Å². The van der Waals surface area contributed by atoms with Crippen LogP contribution in [0, 0.1) is 0 Å². The van der Waals surface area contributed by atoms with Gasteiger partial charge in [-0.3, -0.25) is 13.8 Å². The Morgan fingerprint density at radius 1 is 0.544 bits per heavy atom. The summed E-state index contributed by atoms with van der Waals surface area (Å²) in [6, 6.07) is 0. The van der Waals surface area contributed by atoms with Crippen LogP contribution >= 0.6 is 7.82 Å². The molecule has 0 rings (SSSR count). The average molecular weight is 815 g/mol. The summed E-state index contributed by atoms with van der Waals surface area (Å²) in [5.41, 5.74) is 0. The second-order valence-corrected chi connectivity index (χ2v) is 16.4. The van der Waals surface area contributed by atoms with Gasteiger partial charge in [0.1, 0.15) is 19.3 Å². The van der Waals surface area contributed by atoms with Gasteiger partial charge in [-0.25, -0.2) is 4.57 Å². The van der Waals surface area contributed by atoms with Crippen molar-refractivity contribution in [3.05, 3.63) is 109 Å². The van der Waals surface area contributed by atoms with Crippen molar-refractivity contribution in [2.24, 2.45) is 0 Å². The lowest BCUT2D eigenvalue weighted by molar-refractivity contribution is -0.870. The number of carbonyl (C=O) groups excluding carboxylic acids is 1. The third kappa shape index (κ3) is 44.1. The van der Waals surface area contributed by atoms with Crippen molar-refractivity contribution in [2.45, 2.75) is 136 Å². The average Bonchev–Trinajstić information content (AvgIpc) is 3.16. The largest absolute Gasteiger partial charge is 0.472 e. The van der Waals surface area contributed by atoms with Crippen molar-refractivity contribution in [1.29, 1.82) is 0 Å². The molecule has 324 valence electrons. The summed E-state index contributed by atoms with van der Waals surface area (Å²) in [4.78, 5) is 22.9. The summed E-state index contributed by atoms with van der Waals surface area (Å²) in [6.45, 7) is 5.23. The number of allylic oxidation sites excluding steroid dienone is 18. The lowest BCUT2D eigenvalue weighted by Gasteiger charge is -2.24. The molecule has 2 atom stereocenters. The first-order valence-electron chi connectivity index (χ1n) is 21.6. The second-order valence-electron chi connectivity index (χ2n) is 15.0. The molecule has 8 nitrogen and oxygen atoms in total. The molecule has 0 saturated carbocycles. The summed E-state index contributed by atoms with van der Waals surface area (Å²) in [5.74, 6) is -0.370. The highest BCUT2D eigenvalue weighted by atomic mass is 31.2. The molecule has 0 aromatic carbocycles. The molecule has 0 bridgehead atoms.